The van der Waals surface area contributed by atoms with Crippen molar-refractivity contribution in [1.29, 1.82) is 0 Å². The molecular weight excluding hydrogens is 380 g/mol. The zero-order valence-electron chi connectivity index (χ0n) is 16.1. The molecule has 5 nitrogen and oxygen atoms in total. The van der Waals surface area contributed by atoms with Crippen molar-refractivity contribution >= 4 is 28.7 Å². The van der Waals surface area contributed by atoms with Crippen molar-refractivity contribution in [3.63, 3.8) is 0 Å². The summed E-state index contributed by atoms with van der Waals surface area (Å²) < 4.78 is 5.98. The lowest BCUT2D eigenvalue weighted by molar-refractivity contribution is 0.406. The van der Waals surface area contributed by atoms with Crippen LogP contribution in [-0.4, -0.2) is 28.0 Å². The number of hydrogen-bond donors (Lipinski definition) is 0. The monoisotopic (exact) mass is 402 g/mol. The molecule has 0 radical (unpaired) electrons. The number of oxazole rings is 1. The molecule has 0 amide bonds. The molecular formula is C23H22N4OS. The van der Waals surface area contributed by atoms with E-state index in [9.17, 15) is 0 Å². The topological polar surface area (TPSA) is 55.1 Å². The van der Waals surface area contributed by atoms with Crippen LogP contribution in [0.25, 0.3) is 11.1 Å². The van der Waals surface area contributed by atoms with Crippen molar-refractivity contribution in [3.05, 3.63) is 78.4 Å². The first-order valence-corrected chi connectivity index (χ1v) is 10.9. The molecule has 0 atom stereocenters. The molecule has 0 saturated carbocycles. The van der Waals surface area contributed by atoms with Gasteiger partial charge in [-0.1, -0.05) is 42.5 Å². The summed E-state index contributed by atoms with van der Waals surface area (Å²) >= 11 is 1.73. The highest BCUT2D eigenvalue weighted by Crippen LogP contribution is 2.32. The third-order valence-electron chi connectivity index (χ3n) is 5.31. The summed E-state index contributed by atoms with van der Waals surface area (Å²) in [4.78, 5) is 16.3. The van der Waals surface area contributed by atoms with Crippen LogP contribution in [0.1, 0.15) is 30.2 Å². The quantitative estimate of drug-likeness (QED) is 0.423. The highest BCUT2D eigenvalue weighted by Gasteiger charge is 2.25. The third kappa shape index (κ3) is 4.12. The molecule has 4 aromatic rings. The van der Waals surface area contributed by atoms with Crippen molar-refractivity contribution in [2.45, 2.75) is 29.5 Å². The van der Waals surface area contributed by atoms with Crippen molar-refractivity contribution in [2.24, 2.45) is 0 Å². The minimum Gasteiger partial charge on any atom is -0.440 e. The summed E-state index contributed by atoms with van der Waals surface area (Å²) in [5.74, 6) is 3.09. The minimum atomic E-state index is 0.363. The number of fused-ring (bicyclic) bond motifs is 1. The summed E-state index contributed by atoms with van der Waals surface area (Å²) in [7, 11) is 0. The Hall–Kier alpha value is -2.86. The van der Waals surface area contributed by atoms with Gasteiger partial charge in [-0.2, -0.15) is 0 Å². The van der Waals surface area contributed by atoms with Gasteiger partial charge >= 0.3 is 0 Å². The maximum atomic E-state index is 5.98. The SMILES string of the molecule is c1ccc(CSc2cncc(N3CCC(c4nc5ccccc5o4)CC3)n2)cc1. The van der Waals surface area contributed by atoms with Gasteiger partial charge in [0, 0.05) is 24.8 Å². The molecule has 6 heteroatoms. The standard InChI is InChI=1S/C23H22N4OS/c1-2-6-17(7-3-1)16-29-22-15-24-14-21(26-22)27-12-10-18(11-13-27)23-25-19-8-4-5-9-20(19)28-23/h1-9,14-15,18H,10-13,16H2. The van der Waals surface area contributed by atoms with Gasteiger partial charge in [0.15, 0.2) is 11.5 Å². The van der Waals surface area contributed by atoms with E-state index in [0.29, 0.717) is 5.92 Å². The van der Waals surface area contributed by atoms with E-state index in [4.69, 9.17) is 9.40 Å². The van der Waals surface area contributed by atoms with Crippen molar-refractivity contribution in [2.75, 3.05) is 18.0 Å². The predicted molar refractivity (Wildman–Crippen MR) is 116 cm³/mol. The maximum absolute atomic E-state index is 5.98. The largest absolute Gasteiger partial charge is 0.440 e. The minimum absolute atomic E-state index is 0.363. The van der Waals surface area contributed by atoms with Crippen LogP contribution in [0.5, 0.6) is 0 Å². The molecule has 1 saturated heterocycles. The van der Waals surface area contributed by atoms with E-state index in [1.807, 2.05) is 42.7 Å². The van der Waals surface area contributed by atoms with Crippen LogP contribution >= 0.6 is 11.8 Å². The molecule has 5 rings (SSSR count). The summed E-state index contributed by atoms with van der Waals surface area (Å²) in [6.07, 6.45) is 5.74. The molecule has 146 valence electrons. The average Bonchev–Trinajstić information content (AvgIpc) is 3.23. The van der Waals surface area contributed by atoms with E-state index in [1.165, 1.54) is 5.56 Å². The van der Waals surface area contributed by atoms with Gasteiger partial charge in [-0.15, -0.1) is 11.8 Å². The number of piperidine rings is 1. The summed E-state index contributed by atoms with van der Waals surface area (Å²) in [5.41, 5.74) is 3.11. The lowest BCUT2D eigenvalue weighted by Gasteiger charge is -2.31. The van der Waals surface area contributed by atoms with E-state index in [0.717, 1.165) is 59.5 Å². The zero-order valence-corrected chi connectivity index (χ0v) is 16.9. The average molecular weight is 403 g/mol. The summed E-state index contributed by atoms with van der Waals surface area (Å²) in [6, 6.07) is 18.4. The first kappa shape index (κ1) is 18.2. The molecule has 1 aliphatic rings. The molecule has 2 aromatic heterocycles. The number of aromatic nitrogens is 3. The molecule has 1 aliphatic heterocycles. The normalized spacial score (nSPS) is 15.1. The molecule has 0 unspecified atom stereocenters. The van der Waals surface area contributed by atoms with Crippen molar-refractivity contribution in [1.82, 2.24) is 15.0 Å². The van der Waals surface area contributed by atoms with Gasteiger partial charge in [0.1, 0.15) is 16.4 Å². The van der Waals surface area contributed by atoms with Gasteiger partial charge in [-0.05, 0) is 30.5 Å². The van der Waals surface area contributed by atoms with Crippen molar-refractivity contribution in [3.8, 4) is 0 Å². The number of hydrogen-bond acceptors (Lipinski definition) is 6. The fraction of sp³-hybridized carbons (Fsp3) is 0.261. The highest BCUT2D eigenvalue weighted by molar-refractivity contribution is 7.98. The van der Waals surface area contributed by atoms with Gasteiger partial charge in [0.05, 0.1) is 12.4 Å². The summed E-state index contributed by atoms with van der Waals surface area (Å²) in [6.45, 7) is 1.87. The van der Waals surface area contributed by atoms with Gasteiger partial charge in [0.25, 0.3) is 0 Å². The number of para-hydroxylation sites is 2. The van der Waals surface area contributed by atoms with E-state index in [-0.39, 0.29) is 0 Å². The second-order valence-corrected chi connectivity index (χ2v) is 8.27. The van der Waals surface area contributed by atoms with Gasteiger partial charge in [0.2, 0.25) is 0 Å². The first-order chi connectivity index (χ1) is 14.3. The van der Waals surface area contributed by atoms with Crippen LogP contribution in [0, 0.1) is 0 Å². The Kier molecular flexibility index (Phi) is 5.17. The molecule has 29 heavy (non-hydrogen) atoms. The lowest BCUT2D eigenvalue weighted by Crippen LogP contribution is -2.33. The highest BCUT2D eigenvalue weighted by atomic mass is 32.2. The number of rotatable bonds is 5. The van der Waals surface area contributed by atoms with Crippen LogP contribution in [0.4, 0.5) is 5.82 Å². The molecule has 0 aliphatic carbocycles. The smallest absolute Gasteiger partial charge is 0.198 e. The number of benzene rings is 2. The van der Waals surface area contributed by atoms with Crippen LogP contribution < -0.4 is 4.90 Å². The molecule has 0 N–H and O–H groups in total. The Balaban J connectivity index is 1.22. The van der Waals surface area contributed by atoms with Crippen LogP contribution in [0.15, 0.2) is 76.4 Å². The third-order valence-corrected chi connectivity index (χ3v) is 6.28. The Morgan fingerprint density at radius 3 is 2.55 bits per heavy atom. The van der Waals surface area contributed by atoms with E-state index >= 15 is 0 Å². The van der Waals surface area contributed by atoms with Crippen LogP contribution in [-0.2, 0) is 5.75 Å². The Labute approximate surface area is 174 Å². The van der Waals surface area contributed by atoms with Crippen molar-refractivity contribution < 1.29 is 4.42 Å². The first-order valence-electron chi connectivity index (χ1n) is 9.94. The fourth-order valence-electron chi connectivity index (χ4n) is 3.71. The molecule has 2 aromatic carbocycles. The number of anilines is 1. The van der Waals surface area contributed by atoms with E-state index in [2.05, 4.69) is 39.1 Å². The van der Waals surface area contributed by atoms with E-state index in [1.54, 1.807) is 11.8 Å². The Morgan fingerprint density at radius 1 is 0.931 bits per heavy atom. The molecule has 3 heterocycles. The second-order valence-electron chi connectivity index (χ2n) is 7.27. The fourth-order valence-corrected chi connectivity index (χ4v) is 4.51. The predicted octanol–water partition coefficient (Wildman–Crippen LogP) is 5.29. The van der Waals surface area contributed by atoms with Gasteiger partial charge in [-0.25, -0.2) is 9.97 Å². The molecule has 0 bridgehead atoms. The maximum Gasteiger partial charge on any atom is 0.198 e. The van der Waals surface area contributed by atoms with E-state index < -0.39 is 0 Å². The van der Waals surface area contributed by atoms with Crippen LogP contribution in [0.2, 0.25) is 0 Å². The summed E-state index contributed by atoms with van der Waals surface area (Å²) in [5, 5.41) is 0.965. The molecule has 0 spiro atoms. The van der Waals surface area contributed by atoms with Gasteiger partial charge < -0.3 is 9.32 Å². The lowest BCUT2D eigenvalue weighted by atomic mass is 9.97. The Morgan fingerprint density at radius 2 is 1.72 bits per heavy atom. The van der Waals surface area contributed by atoms with Crippen LogP contribution in [0.3, 0.4) is 0 Å². The Bertz CT molecular complexity index is 1060. The zero-order chi connectivity index (χ0) is 19.5. The number of nitrogens with zero attached hydrogens (tertiary/aromatic N) is 4. The second kappa shape index (κ2) is 8.25. The van der Waals surface area contributed by atoms with Gasteiger partial charge in [-0.3, -0.25) is 4.98 Å². The molecule has 1 fully saturated rings. The number of thioether (sulfide) groups is 1.